The zero-order valence-corrected chi connectivity index (χ0v) is 18.3. The van der Waals surface area contributed by atoms with Crippen LogP contribution in [0.15, 0.2) is 82.2 Å². The van der Waals surface area contributed by atoms with E-state index in [0.29, 0.717) is 44.2 Å². The molecular weight excluding hydrogens is 444 g/mol. The van der Waals surface area contributed by atoms with E-state index in [-0.39, 0.29) is 23.9 Å². The zero-order chi connectivity index (χ0) is 23.4. The van der Waals surface area contributed by atoms with Gasteiger partial charge in [0.15, 0.2) is 12.0 Å². The van der Waals surface area contributed by atoms with E-state index < -0.39 is 0 Å². The van der Waals surface area contributed by atoms with Crippen molar-refractivity contribution >= 4 is 45.8 Å². The lowest BCUT2D eigenvalue weighted by Gasteiger charge is -2.09. The second-order valence-electron chi connectivity index (χ2n) is 7.24. The van der Waals surface area contributed by atoms with Crippen LogP contribution in [0.25, 0.3) is 22.1 Å². The second kappa shape index (κ2) is 9.58. The van der Waals surface area contributed by atoms with Crippen molar-refractivity contribution in [3.63, 3.8) is 0 Å². The van der Waals surface area contributed by atoms with Gasteiger partial charge >= 0.3 is 0 Å². The van der Waals surface area contributed by atoms with Gasteiger partial charge in [0.25, 0.3) is 5.91 Å². The normalized spacial score (nSPS) is 10.6. The molecule has 0 atom stereocenters. The standard InChI is InChI=1S/C25H19ClN2O5/c1-15(29)27-18-6-8-19(9-7-18)28-24(30)14-32-20-10-11-21-23(12-20)33-13-22(25(21)31)16-2-4-17(26)5-3-16/h2-13H,14H2,1H3,(H,27,29)(H,28,30). The molecule has 0 fully saturated rings. The highest BCUT2D eigenvalue weighted by Crippen LogP contribution is 2.24. The van der Waals surface area contributed by atoms with Crippen LogP contribution in [0.3, 0.4) is 0 Å². The first-order valence-electron chi connectivity index (χ1n) is 10.0. The van der Waals surface area contributed by atoms with Gasteiger partial charge in [0, 0.05) is 29.4 Å². The molecule has 0 aliphatic heterocycles. The van der Waals surface area contributed by atoms with Crippen LogP contribution >= 0.6 is 11.6 Å². The molecule has 0 spiro atoms. The van der Waals surface area contributed by atoms with E-state index in [9.17, 15) is 14.4 Å². The molecule has 0 aliphatic rings. The van der Waals surface area contributed by atoms with E-state index in [1.807, 2.05) is 0 Å². The maximum Gasteiger partial charge on any atom is 0.262 e. The Morgan fingerprint density at radius 3 is 2.27 bits per heavy atom. The first-order chi connectivity index (χ1) is 15.9. The Hall–Kier alpha value is -4.10. The molecule has 33 heavy (non-hydrogen) atoms. The van der Waals surface area contributed by atoms with E-state index in [1.54, 1.807) is 66.7 Å². The molecule has 1 aromatic heterocycles. The van der Waals surface area contributed by atoms with Crippen molar-refractivity contribution in [1.29, 1.82) is 0 Å². The number of rotatable bonds is 6. The van der Waals surface area contributed by atoms with Crippen LogP contribution in [0.2, 0.25) is 5.02 Å². The van der Waals surface area contributed by atoms with Gasteiger partial charge in [0.1, 0.15) is 17.6 Å². The highest BCUT2D eigenvalue weighted by atomic mass is 35.5. The summed E-state index contributed by atoms with van der Waals surface area (Å²) in [6.07, 6.45) is 1.40. The summed E-state index contributed by atoms with van der Waals surface area (Å²) in [6.45, 7) is 1.19. The number of fused-ring (bicyclic) bond motifs is 1. The molecule has 0 bridgehead atoms. The van der Waals surface area contributed by atoms with Crippen LogP contribution in [-0.4, -0.2) is 18.4 Å². The predicted molar refractivity (Wildman–Crippen MR) is 128 cm³/mol. The number of anilines is 2. The van der Waals surface area contributed by atoms with Gasteiger partial charge in [-0.1, -0.05) is 23.7 Å². The Bertz CT molecular complexity index is 1380. The predicted octanol–water partition coefficient (Wildman–Crippen LogP) is 5.09. The zero-order valence-electron chi connectivity index (χ0n) is 17.6. The minimum Gasteiger partial charge on any atom is -0.484 e. The lowest BCUT2D eigenvalue weighted by Crippen LogP contribution is -2.20. The van der Waals surface area contributed by atoms with Crippen molar-refractivity contribution in [3.8, 4) is 16.9 Å². The number of ether oxygens (including phenoxy) is 1. The summed E-state index contributed by atoms with van der Waals surface area (Å²) < 4.78 is 11.2. The highest BCUT2D eigenvalue weighted by molar-refractivity contribution is 6.30. The number of halogens is 1. The fourth-order valence-electron chi connectivity index (χ4n) is 3.21. The molecule has 0 saturated heterocycles. The maximum atomic E-state index is 12.9. The van der Waals surface area contributed by atoms with E-state index in [2.05, 4.69) is 10.6 Å². The number of hydrogen-bond donors (Lipinski definition) is 2. The molecule has 4 aromatic rings. The highest BCUT2D eigenvalue weighted by Gasteiger charge is 2.11. The van der Waals surface area contributed by atoms with Crippen LogP contribution in [-0.2, 0) is 9.59 Å². The smallest absolute Gasteiger partial charge is 0.262 e. The van der Waals surface area contributed by atoms with Crippen molar-refractivity contribution in [2.75, 3.05) is 17.2 Å². The summed E-state index contributed by atoms with van der Waals surface area (Å²) in [5, 5.41) is 6.34. The van der Waals surface area contributed by atoms with Gasteiger partial charge in [-0.25, -0.2) is 0 Å². The van der Waals surface area contributed by atoms with Crippen molar-refractivity contribution in [2.24, 2.45) is 0 Å². The van der Waals surface area contributed by atoms with Crippen molar-refractivity contribution in [2.45, 2.75) is 6.92 Å². The number of carbonyl (C=O) groups is 2. The molecular formula is C25H19ClN2O5. The van der Waals surface area contributed by atoms with Crippen LogP contribution in [0.5, 0.6) is 5.75 Å². The quantitative estimate of drug-likeness (QED) is 0.416. The topological polar surface area (TPSA) is 97.6 Å². The summed E-state index contributed by atoms with van der Waals surface area (Å²) in [7, 11) is 0. The molecule has 2 N–H and O–H groups in total. The molecule has 166 valence electrons. The number of nitrogens with one attached hydrogen (secondary N) is 2. The van der Waals surface area contributed by atoms with Crippen LogP contribution in [0.1, 0.15) is 6.92 Å². The monoisotopic (exact) mass is 462 g/mol. The van der Waals surface area contributed by atoms with Gasteiger partial charge in [0.2, 0.25) is 5.91 Å². The molecule has 7 nitrogen and oxygen atoms in total. The molecule has 0 radical (unpaired) electrons. The van der Waals surface area contributed by atoms with Gasteiger partial charge in [-0.2, -0.15) is 0 Å². The molecule has 4 rings (SSSR count). The van der Waals surface area contributed by atoms with Gasteiger partial charge in [-0.15, -0.1) is 0 Å². The van der Waals surface area contributed by atoms with Gasteiger partial charge in [-0.05, 0) is 54.1 Å². The van der Waals surface area contributed by atoms with Crippen molar-refractivity contribution in [1.82, 2.24) is 0 Å². The minimum absolute atomic E-state index is 0.174. The molecule has 2 amide bonds. The Morgan fingerprint density at radius 1 is 0.939 bits per heavy atom. The fourth-order valence-corrected chi connectivity index (χ4v) is 3.34. The fraction of sp³-hybridized carbons (Fsp3) is 0.0800. The van der Waals surface area contributed by atoms with Gasteiger partial charge in [-0.3, -0.25) is 14.4 Å². The first kappa shape index (κ1) is 22.1. The summed E-state index contributed by atoms with van der Waals surface area (Å²) in [6, 6.07) is 18.4. The second-order valence-corrected chi connectivity index (χ2v) is 7.68. The lowest BCUT2D eigenvalue weighted by atomic mass is 10.1. The van der Waals surface area contributed by atoms with Crippen molar-refractivity contribution in [3.05, 3.63) is 88.2 Å². The third-order valence-electron chi connectivity index (χ3n) is 4.76. The van der Waals surface area contributed by atoms with Gasteiger partial charge in [0.05, 0.1) is 10.9 Å². The Labute approximate surface area is 193 Å². The van der Waals surface area contributed by atoms with E-state index in [4.69, 9.17) is 20.8 Å². The number of hydrogen-bond acceptors (Lipinski definition) is 5. The number of carbonyl (C=O) groups excluding carboxylic acids is 2. The van der Waals surface area contributed by atoms with E-state index in [0.717, 1.165) is 0 Å². The molecule has 0 unspecified atom stereocenters. The van der Waals surface area contributed by atoms with Gasteiger partial charge < -0.3 is 19.8 Å². The van der Waals surface area contributed by atoms with Crippen LogP contribution in [0.4, 0.5) is 11.4 Å². The summed E-state index contributed by atoms with van der Waals surface area (Å²) in [5.41, 5.74) is 2.51. The van der Waals surface area contributed by atoms with E-state index >= 15 is 0 Å². The van der Waals surface area contributed by atoms with Crippen molar-refractivity contribution < 1.29 is 18.7 Å². The summed E-state index contributed by atoms with van der Waals surface area (Å²) in [4.78, 5) is 36.1. The average Bonchev–Trinajstić information content (AvgIpc) is 2.80. The average molecular weight is 463 g/mol. The lowest BCUT2D eigenvalue weighted by molar-refractivity contribution is -0.118. The molecule has 1 heterocycles. The first-order valence-corrected chi connectivity index (χ1v) is 10.4. The molecule has 0 saturated carbocycles. The minimum atomic E-state index is -0.359. The number of benzene rings is 3. The van der Waals surface area contributed by atoms with E-state index in [1.165, 1.54) is 13.2 Å². The van der Waals surface area contributed by atoms with Crippen LogP contribution < -0.4 is 20.8 Å². The molecule has 8 heteroatoms. The third-order valence-corrected chi connectivity index (χ3v) is 5.01. The Balaban J connectivity index is 1.42. The van der Waals surface area contributed by atoms with Crippen LogP contribution in [0, 0.1) is 0 Å². The third kappa shape index (κ3) is 5.39. The Kier molecular flexibility index (Phi) is 6.42. The molecule has 0 aliphatic carbocycles. The Morgan fingerprint density at radius 2 is 1.61 bits per heavy atom. The summed E-state index contributed by atoms with van der Waals surface area (Å²) >= 11 is 5.91. The largest absolute Gasteiger partial charge is 0.484 e. The summed E-state index contributed by atoms with van der Waals surface area (Å²) in [5.74, 6) is -0.143. The molecule has 3 aromatic carbocycles. The SMILES string of the molecule is CC(=O)Nc1ccc(NC(=O)COc2ccc3c(=O)c(-c4ccc(Cl)cc4)coc3c2)cc1. The maximum absolute atomic E-state index is 12.9. The number of amides is 2.